The fraction of sp³-hybridized carbons (Fsp3) is 0.381. The monoisotopic (exact) mass is 357 g/mol. The third-order valence-electron chi connectivity index (χ3n) is 4.54. The van der Waals surface area contributed by atoms with Gasteiger partial charge in [-0.15, -0.1) is 0 Å². The van der Waals surface area contributed by atoms with Gasteiger partial charge in [-0.3, -0.25) is 4.79 Å². The molecule has 0 saturated carbocycles. The van der Waals surface area contributed by atoms with E-state index in [0.29, 0.717) is 17.9 Å². The molecule has 132 valence electrons. The highest BCUT2D eigenvalue weighted by Gasteiger charge is 2.34. The predicted octanol–water partition coefficient (Wildman–Crippen LogP) is 5.00. The molecule has 1 atom stereocenters. The van der Waals surface area contributed by atoms with Crippen molar-refractivity contribution in [2.45, 2.75) is 51.7 Å². The van der Waals surface area contributed by atoms with Crippen LogP contribution in [0.15, 0.2) is 42.5 Å². The molecular weight excluding hydrogens is 334 g/mol. The van der Waals surface area contributed by atoms with Gasteiger partial charge >= 0.3 is 0 Å². The van der Waals surface area contributed by atoms with Crippen LogP contribution >= 0.6 is 11.6 Å². The molecule has 1 N–H and O–H groups in total. The quantitative estimate of drug-likeness (QED) is 0.836. The maximum Gasteiger partial charge on any atom is 0.220 e. The third-order valence-corrected chi connectivity index (χ3v) is 4.91. The largest absolute Gasteiger partial charge is 0.487 e. The van der Waals surface area contributed by atoms with Crippen LogP contribution < -0.4 is 10.1 Å². The first kappa shape index (κ1) is 17.8. The van der Waals surface area contributed by atoms with Gasteiger partial charge in [0, 0.05) is 23.4 Å². The lowest BCUT2D eigenvalue weighted by Gasteiger charge is -2.38. The van der Waals surface area contributed by atoms with Crippen molar-refractivity contribution in [2.75, 3.05) is 0 Å². The molecule has 1 aliphatic rings. The number of halogens is 1. The van der Waals surface area contributed by atoms with E-state index < -0.39 is 0 Å². The first-order chi connectivity index (χ1) is 11.8. The molecule has 1 heterocycles. The van der Waals surface area contributed by atoms with Gasteiger partial charge in [-0.05, 0) is 44.9 Å². The Kier molecular flexibility index (Phi) is 5.05. The highest BCUT2D eigenvalue weighted by Crippen LogP contribution is 2.39. The molecule has 3 rings (SSSR count). The summed E-state index contributed by atoms with van der Waals surface area (Å²) in [5, 5.41) is 3.90. The number of nitrogens with one attached hydrogen (secondary N) is 1. The van der Waals surface area contributed by atoms with Crippen LogP contribution in [0.5, 0.6) is 5.75 Å². The summed E-state index contributed by atoms with van der Waals surface area (Å²) in [5.41, 5.74) is 2.92. The summed E-state index contributed by atoms with van der Waals surface area (Å²) >= 11 is 6.17. The molecule has 0 aliphatic carbocycles. The normalized spacial score (nSPS) is 18.2. The number of aryl methyl sites for hydroxylation is 2. The van der Waals surface area contributed by atoms with Crippen molar-refractivity contribution in [3.8, 4) is 5.75 Å². The van der Waals surface area contributed by atoms with Gasteiger partial charge in [0.05, 0.1) is 6.04 Å². The average Bonchev–Trinajstić information content (AvgIpc) is 2.54. The number of amides is 1. The van der Waals surface area contributed by atoms with Crippen molar-refractivity contribution >= 4 is 17.5 Å². The molecule has 1 amide bonds. The van der Waals surface area contributed by atoms with Gasteiger partial charge in [-0.2, -0.15) is 0 Å². The second-order valence-electron chi connectivity index (χ2n) is 7.32. The number of hydrogen-bond donors (Lipinski definition) is 1. The molecule has 0 unspecified atom stereocenters. The number of hydrogen-bond acceptors (Lipinski definition) is 2. The zero-order chi connectivity index (χ0) is 18.0. The van der Waals surface area contributed by atoms with Crippen LogP contribution in [0, 0.1) is 6.92 Å². The average molecular weight is 358 g/mol. The van der Waals surface area contributed by atoms with E-state index in [1.54, 1.807) is 0 Å². The molecule has 25 heavy (non-hydrogen) atoms. The van der Waals surface area contributed by atoms with Crippen LogP contribution in [-0.2, 0) is 11.2 Å². The molecule has 0 bridgehead atoms. The standard InChI is InChI=1S/C21H24ClNO2/c1-14-8-10-19-16(12-14)18(13-21(2,3)25-19)23-20(24)11-9-15-6-4-5-7-17(15)22/h4-8,10,12,18H,9,11,13H2,1-3H3,(H,23,24)/t18-/m1/s1. The van der Waals surface area contributed by atoms with E-state index in [0.717, 1.165) is 28.9 Å². The van der Waals surface area contributed by atoms with Crippen molar-refractivity contribution < 1.29 is 9.53 Å². The summed E-state index contributed by atoms with van der Waals surface area (Å²) < 4.78 is 6.06. The summed E-state index contributed by atoms with van der Waals surface area (Å²) in [5.74, 6) is 0.897. The molecule has 3 nitrogen and oxygen atoms in total. The number of fused-ring (bicyclic) bond motifs is 1. The minimum absolute atomic E-state index is 0.0302. The van der Waals surface area contributed by atoms with E-state index in [1.807, 2.05) is 36.4 Å². The van der Waals surface area contributed by atoms with Crippen LogP contribution in [0.2, 0.25) is 5.02 Å². The zero-order valence-corrected chi connectivity index (χ0v) is 15.7. The highest BCUT2D eigenvalue weighted by atomic mass is 35.5. The number of benzene rings is 2. The molecule has 0 spiro atoms. The minimum atomic E-state index is -0.303. The van der Waals surface area contributed by atoms with E-state index in [-0.39, 0.29) is 17.6 Å². The Morgan fingerprint density at radius 2 is 2.04 bits per heavy atom. The Morgan fingerprint density at radius 3 is 2.80 bits per heavy atom. The molecule has 1 aliphatic heterocycles. The van der Waals surface area contributed by atoms with Crippen LogP contribution in [0.1, 0.15) is 49.4 Å². The Morgan fingerprint density at radius 1 is 1.28 bits per heavy atom. The maximum absolute atomic E-state index is 12.5. The molecule has 4 heteroatoms. The summed E-state index contributed by atoms with van der Waals surface area (Å²) in [6.45, 7) is 6.16. The molecule has 0 fully saturated rings. The lowest BCUT2D eigenvalue weighted by atomic mass is 9.89. The second kappa shape index (κ2) is 7.09. The van der Waals surface area contributed by atoms with Crippen molar-refractivity contribution in [1.82, 2.24) is 5.32 Å². The Bertz CT molecular complexity index is 785. The Balaban J connectivity index is 1.70. The van der Waals surface area contributed by atoms with Gasteiger partial charge in [0.1, 0.15) is 11.4 Å². The minimum Gasteiger partial charge on any atom is -0.487 e. The van der Waals surface area contributed by atoms with E-state index >= 15 is 0 Å². The fourth-order valence-electron chi connectivity index (χ4n) is 3.32. The van der Waals surface area contributed by atoms with Crippen LogP contribution in [0.25, 0.3) is 0 Å². The van der Waals surface area contributed by atoms with Gasteiger partial charge in [-0.1, -0.05) is 47.5 Å². The van der Waals surface area contributed by atoms with Gasteiger partial charge in [0.25, 0.3) is 0 Å². The molecule has 0 aromatic heterocycles. The van der Waals surface area contributed by atoms with Crippen molar-refractivity contribution in [2.24, 2.45) is 0 Å². The second-order valence-corrected chi connectivity index (χ2v) is 7.73. The zero-order valence-electron chi connectivity index (χ0n) is 14.9. The summed E-state index contributed by atoms with van der Waals surface area (Å²) in [7, 11) is 0. The lowest BCUT2D eigenvalue weighted by molar-refractivity contribution is -0.122. The molecule has 0 radical (unpaired) electrons. The highest BCUT2D eigenvalue weighted by molar-refractivity contribution is 6.31. The maximum atomic E-state index is 12.5. The van der Waals surface area contributed by atoms with Gasteiger partial charge in [-0.25, -0.2) is 0 Å². The van der Waals surface area contributed by atoms with Crippen LogP contribution in [0.3, 0.4) is 0 Å². The number of ether oxygens (including phenoxy) is 1. The van der Waals surface area contributed by atoms with E-state index in [1.165, 1.54) is 0 Å². The van der Waals surface area contributed by atoms with Crippen LogP contribution in [-0.4, -0.2) is 11.5 Å². The lowest BCUT2D eigenvalue weighted by Crippen LogP contribution is -2.41. The van der Waals surface area contributed by atoms with Crippen molar-refractivity contribution in [1.29, 1.82) is 0 Å². The predicted molar refractivity (Wildman–Crippen MR) is 101 cm³/mol. The SMILES string of the molecule is Cc1ccc2c(c1)[C@H](NC(=O)CCc1ccccc1Cl)CC(C)(C)O2. The van der Waals surface area contributed by atoms with Gasteiger partial charge in [0.2, 0.25) is 5.91 Å². The Labute approximate surface area is 154 Å². The van der Waals surface area contributed by atoms with E-state index in [4.69, 9.17) is 16.3 Å². The summed E-state index contributed by atoms with van der Waals surface area (Å²) in [6, 6.07) is 13.8. The fourth-order valence-corrected chi connectivity index (χ4v) is 3.55. The van der Waals surface area contributed by atoms with Gasteiger partial charge in [0.15, 0.2) is 0 Å². The Hall–Kier alpha value is -2.00. The summed E-state index contributed by atoms with van der Waals surface area (Å²) in [6.07, 6.45) is 1.81. The van der Waals surface area contributed by atoms with E-state index in [2.05, 4.69) is 32.2 Å². The third kappa shape index (κ3) is 4.35. The smallest absolute Gasteiger partial charge is 0.220 e. The molecule has 2 aromatic carbocycles. The molecule has 0 saturated heterocycles. The number of carbonyl (C=O) groups excluding carboxylic acids is 1. The van der Waals surface area contributed by atoms with E-state index in [9.17, 15) is 4.79 Å². The number of rotatable bonds is 4. The van der Waals surface area contributed by atoms with Gasteiger partial charge < -0.3 is 10.1 Å². The molecular formula is C21H24ClNO2. The van der Waals surface area contributed by atoms with Crippen molar-refractivity contribution in [3.05, 3.63) is 64.2 Å². The first-order valence-electron chi connectivity index (χ1n) is 8.66. The summed E-state index contributed by atoms with van der Waals surface area (Å²) in [4.78, 5) is 12.5. The van der Waals surface area contributed by atoms with Crippen molar-refractivity contribution in [3.63, 3.8) is 0 Å². The number of carbonyl (C=O) groups is 1. The topological polar surface area (TPSA) is 38.3 Å². The van der Waals surface area contributed by atoms with Crippen LogP contribution in [0.4, 0.5) is 0 Å². The molecule has 2 aromatic rings. The first-order valence-corrected chi connectivity index (χ1v) is 9.04.